The average molecular weight is 309 g/mol. The molecule has 0 fully saturated rings. The van der Waals surface area contributed by atoms with E-state index in [1.54, 1.807) is 6.20 Å². The number of unbranched alkanes of at least 4 members (excludes halogenated alkanes) is 7. The second-order valence-corrected chi connectivity index (χ2v) is 6.01. The fraction of sp³-hybridized carbons (Fsp3) is 0.625. The van der Waals surface area contributed by atoms with Gasteiger partial charge in [-0.25, -0.2) is 9.97 Å². The Morgan fingerprint density at radius 3 is 2.38 bits per heavy atom. The van der Waals surface area contributed by atoms with Gasteiger partial charge in [0.05, 0.1) is 10.5 Å². The van der Waals surface area contributed by atoms with Crippen LogP contribution in [0.1, 0.15) is 57.2 Å². The molecule has 5 heteroatoms. The Hall–Kier alpha value is -1.13. The van der Waals surface area contributed by atoms with E-state index in [1.807, 2.05) is 6.07 Å². The summed E-state index contributed by atoms with van der Waals surface area (Å²) >= 11 is 5.92. The molecule has 0 bridgehead atoms. The first-order valence-electron chi connectivity index (χ1n) is 8.00. The molecular weight excluding hydrogens is 284 g/mol. The lowest BCUT2D eigenvalue weighted by Crippen LogP contribution is -1.97. The van der Waals surface area contributed by atoms with Gasteiger partial charge in [0.1, 0.15) is 5.82 Å². The number of pyridine rings is 1. The molecule has 0 radical (unpaired) electrons. The first-order valence-corrected chi connectivity index (χ1v) is 8.37. The van der Waals surface area contributed by atoms with E-state index in [4.69, 9.17) is 17.3 Å². The summed E-state index contributed by atoms with van der Waals surface area (Å²) in [6, 6.07) is 1.88. The van der Waals surface area contributed by atoms with Crippen LogP contribution in [0.4, 0.5) is 0 Å². The van der Waals surface area contributed by atoms with Crippen LogP contribution in [-0.4, -0.2) is 21.5 Å². The molecule has 3 N–H and O–H groups in total. The molecular formula is C16H25ClN4. The number of aromatic amines is 1. The quantitative estimate of drug-likeness (QED) is 0.645. The Morgan fingerprint density at radius 2 is 1.67 bits per heavy atom. The molecule has 2 rings (SSSR count). The third kappa shape index (κ3) is 5.64. The highest BCUT2D eigenvalue weighted by Gasteiger charge is 2.04. The van der Waals surface area contributed by atoms with Gasteiger partial charge in [0.2, 0.25) is 0 Å². The normalized spacial score (nSPS) is 11.3. The van der Waals surface area contributed by atoms with Gasteiger partial charge in [-0.15, -0.1) is 0 Å². The lowest BCUT2D eigenvalue weighted by Gasteiger charge is -2.01. The van der Waals surface area contributed by atoms with Crippen molar-refractivity contribution in [3.8, 4) is 0 Å². The lowest BCUT2D eigenvalue weighted by atomic mass is 10.1. The molecule has 116 valence electrons. The predicted octanol–water partition coefficient (Wildman–Crippen LogP) is 4.23. The van der Waals surface area contributed by atoms with Crippen LogP contribution in [0.15, 0.2) is 12.3 Å². The zero-order chi connectivity index (χ0) is 14.9. The number of nitrogens with one attached hydrogen (secondary N) is 1. The summed E-state index contributed by atoms with van der Waals surface area (Å²) in [4.78, 5) is 12.0. The maximum atomic E-state index is 5.92. The lowest BCUT2D eigenvalue weighted by molar-refractivity contribution is 0.567. The standard InChI is InChI=1S/C16H25ClN4/c17-13-11-14-16(19-12-13)21-15(20-14)9-7-5-3-1-2-4-6-8-10-18/h11-12H,1-10,18H2,(H,19,20,21). The molecule has 2 aromatic rings. The van der Waals surface area contributed by atoms with E-state index in [2.05, 4.69) is 15.0 Å². The van der Waals surface area contributed by atoms with E-state index >= 15 is 0 Å². The second kappa shape index (κ2) is 9.00. The predicted molar refractivity (Wildman–Crippen MR) is 88.6 cm³/mol. The molecule has 2 heterocycles. The van der Waals surface area contributed by atoms with Crippen molar-refractivity contribution in [1.29, 1.82) is 0 Å². The second-order valence-electron chi connectivity index (χ2n) is 5.58. The van der Waals surface area contributed by atoms with Crippen LogP contribution in [0.3, 0.4) is 0 Å². The first-order chi connectivity index (χ1) is 10.3. The number of hydrogen-bond acceptors (Lipinski definition) is 3. The number of aromatic nitrogens is 3. The topological polar surface area (TPSA) is 67.6 Å². The Kier molecular flexibility index (Phi) is 6.96. The van der Waals surface area contributed by atoms with Crippen LogP contribution < -0.4 is 5.73 Å². The van der Waals surface area contributed by atoms with Gasteiger partial charge in [-0.05, 0) is 25.5 Å². The molecule has 0 aliphatic carbocycles. The average Bonchev–Trinajstić information content (AvgIpc) is 2.87. The van der Waals surface area contributed by atoms with E-state index < -0.39 is 0 Å². The number of H-pyrrole nitrogens is 1. The van der Waals surface area contributed by atoms with Crippen molar-refractivity contribution in [2.45, 2.75) is 57.8 Å². The van der Waals surface area contributed by atoms with Gasteiger partial charge in [0, 0.05) is 12.6 Å². The fourth-order valence-electron chi connectivity index (χ4n) is 2.54. The molecule has 0 unspecified atom stereocenters. The summed E-state index contributed by atoms with van der Waals surface area (Å²) in [6.45, 7) is 0.831. The number of nitrogens with zero attached hydrogens (tertiary/aromatic N) is 2. The number of hydrogen-bond donors (Lipinski definition) is 2. The van der Waals surface area contributed by atoms with Gasteiger partial charge in [0.25, 0.3) is 0 Å². The highest BCUT2D eigenvalue weighted by molar-refractivity contribution is 6.30. The molecule has 0 aliphatic rings. The monoisotopic (exact) mass is 308 g/mol. The van der Waals surface area contributed by atoms with Gasteiger partial charge in [0.15, 0.2) is 5.65 Å². The summed E-state index contributed by atoms with van der Waals surface area (Å²) in [5.41, 5.74) is 7.17. The Bertz CT molecular complexity index is 538. The Balaban J connectivity index is 1.59. The van der Waals surface area contributed by atoms with Crippen LogP contribution in [-0.2, 0) is 6.42 Å². The summed E-state index contributed by atoms with van der Waals surface area (Å²) < 4.78 is 0. The summed E-state index contributed by atoms with van der Waals surface area (Å²) in [5.74, 6) is 1.02. The van der Waals surface area contributed by atoms with E-state index in [0.717, 1.165) is 30.0 Å². The van der Waals surface area contributed by atoms with Crippen LogP contribution >= 0.6 is 11.6 Å². The fourth-order valence-corrected chi connectivity index (χ4v) is 2.70. The van der Waals surface area contributed by atoms with E-state index in [0.29, 0.717) is 5.02 Å². The number of nitrogens with two attached hydrogens (primary N) is 1. The van der Waals surface area contributed by atoms with Crippen molar-refractivity contribution in [3.63, 3.8) is 0 Å². The van der Waals surface area contributed by atoms with E-state index in [-0.39, 0.29) is 0 Å². The SMILES string of the molecule is NCCCCCCCCCCc1nc2ncc(Cl)cc2[nH]1. The number of rotatable bonds is 10. The smallest absolute Gasteiger partial charge is 0.177 e. The highest BCUT2D eigenvalue weighted by Crippen LogP contribution is 2.16. The third-order valence-electron chi connectivity index (χ3n) is 3.72. The molecule has 4 nitrogen and oxygen atoms in total. The van der Waals surface area contributed by atoms with Crippen molar-refractivity contribution in [2.75, 3.05) is 6.54 Å². The zero-order valence-electron chi connectivity index (χ0n) is 12.6. The van der Waals surface area contributed by atoms with Gasteiger partial charge < -0.3 is 10.7 Å². The number of fused-ring (bicyclic) bond motifs is 1. The Morgan fingerprint density at radius 1 is 1.00 bits per heavy atom. The van der Waals surface area contributed by atoms with Crippen molar-refractivity contribution in [1.82, 2.24) is 15.0 Å². The third-order valence-corrected chi connectivity index (χ3v) is 3.93. The minimum Gasteiger partial charge on any atom is -0.341 e. The van der Waals surface area contributed by atoms with Crippen LogP contribution in [0.25, 0.3) is 11.2 Å². The molecule has 0 spiro atoms. The maximum Gasteiger partial charge on any atom is 0.177 e. The summed E-state index contributed by atoms with van der Waals surface area (Å²) in [7, 11) is 0. The molecule has 21 heavy (non-hydrogen) atoms. The van der Waals surface area contributed by atoms with Crippen LogP contribution in [0, 0.1) is 0 Å². The summed E-state index contributed by atoms with van der Waals surface area (Å²) in [5, 5.41) is 0.646. The van der Waals surface area contributed by atoms with Gasteiger partial charge in [-0.1, -0.05) is 50.1 Å². The van der Waals surface area contributed by atoms with Crippen molar-refractivity contribution < 1.29 is 0 Å². The molecule has 2 aromatic heterocycles. The summed E-state index contributed by atoms with van der Waals surface area (Å²) in [6.07, 6.45) is 12.8. The number of halogens is 1. The first kappa shape index (κ1) is 16.2. The van der Waals surface area contributed by atoms with Crippen LogP contribution in [0.2, 0.25) is 5.02 Å². The molecule has 0 amide bonds. The minimum absolute atomic E-state index is 0.646. The highest BCUT2D eigenvalue weighted by atomic mass is 35.5. The van der Waals surface area contributed by atoms with Crippen molar-refractivity contribution in [2.24, 2.45) is 5.73 Å². The molecule has 0 saturated heterocycles. The number of imidazole rings is 1. The van der Waals surface area contributed by atoms with Crippen molar-refractivity contribution in [3.05, 3.63) is 23.1 Å². The van der Waals surface area contributed by atoms with Crippen LogP contribution in [0.5, 0.6) is 0 Å². The Labute approximate surface area is 131 Å². The molecule has 0 aliphatic heterocycles. The molecule has 0 atom stereocenters. The van der Waals surface area contributed by atoms with Gasteiger partial charge >= 0.3 is 0 Å². The van der Waals surface area contributed by atoms with Gasteiger partial charge in [-0.2, -0.15) is 0 Å². The maximum absolute atomic E-state index is 5.92. The number of aryl methyl sites for hydroxylation is 1. The van der Waals surface area contributed by atoms with E-state index in [1.165, 1.54) is 51.4 Å². The van der Waals surface area contributed by atoms with Crippen molar-refractivity contribution >= 4 is 22.8 Å². The molecule has 0 saturated carbocycles. The zero-order valence-corrected chi connectivity index (χ0v) is 13.3. The molecule has 0 aromatic carbocycles. The largest absolute Gasteiger partial charge is 0.341 e. The van der Waals surface area contributed by atoms with Gasteiger partial charge in [-0.3, -0.25) is 0 Å². The van der Waals surface area contributed by atoms with E-state index in [9.17, 15) is 0 Å². The minimum atomic E-state index is 0.646.